The summed E-state index contributed by atoms with van der Waals surface area (Å²) in [7, 11) is 0. The van der Waals surface area contributed by atoms with Gasteiger partial charge in [0.05, 0.1) is 0 Å². The second-order valence-electron chi connectivity index (χ2n) is 3.59. The third kappa shape index (κ3) is 2.16. The molecule has 0 amide bonds. The van der Waals surface area contributed by atoms with Crippen molar-refractivity contribution in [1.29, 1.82) is 0 Å². The van der Waals surface area contributed by atoms with Gasteiger partial charge in [-0.15, -0.1) is 0 Å². The molecule has 1 fully saturated rings. The highest BCUT2D eigenvalue weighted by atomic mass is 19.1. The molecule has 0 N–H and O–H groups in total. The van der Waals surface area contributed by atoms with Gasteiger partial charge in [-0.1, -0.05) is 13.8 Å². The Morgan fingerprint density at radius 1 is 1.55 bits per heavy atom. The number of hydrogen-bond donors (Lipinski definition) is 0. The second kappa shape index (κ2) is 4.05. The molecule has 2 atom stereocenters. The molecule has 0 spiro atoms. The number of nitrogens with zero attached hydrogens (tertiary/aromatic N) is 1. The molecule has 0 bridgehead atoms. The van der Waals surface area contributed by atoms with E-state index in [-0.39, 0.29) is 6.67 Å². The maximum atomic E-state index is 12.0. The van der Waals surface area contributed by atoms with Crippen LogP contribution in [0.5, 0.6) is 0 Å². The molecule has 1 saturated heterocycles. The first-order chi connectivity index (χ1) is 5.27. The van der Waals surface area contributed by atoms with Crippen molar-refractivity contribution in [2.75, 3.05) is 19.8 Å². The van der Waals surface area contributed by atoms with Gasteiger partial charge < -0.3 is 0 Å². The lowest BCUT2D eigenvalue weighted by atomic mass is 10.1. The van der Waals surface area contributed by atoms with E-state index in [1.807, 2.05) is 0 Å². The lowest BCUT2D eigenvalue weighted by Crippen LogP contribution is -2.30. The molecule has 0 aromatic rings. The first-order valence-corrected chi connectivity index (χ1v) is 4.58. The quantitative estimate of drug-likeness (QED) is 0.609. The van der Waals surface area contributed by atoms with Gasteiger partial charge in [0.2, 0.25) is 0 Å². The van der Waals surface area contributed by atoms with Crippen LogP contribution in [0.1, 0.15) is 26.7 Å². The van der Waals surface area contributed by atoms with E-state index in [1.165, 1.54) is 12.8 Å². The van der Waals surface area contributed by atoms with Crippen LogP contribution in [-0.2, 0) is 0 Å². The van der Waals surface area contributed by atoms with E-state index in [0.29, 0.717) is 12.6 Å². The van der Waals surface area contributed by atoms with E-state index in [9.17, 15) is 4.39 Å². The van der Waals surface area contributed by atoms with Crippen molar-refractivity contribution in [2.45, 2.75) is 32.7 Å². The van der Waals surface area contributed by atoms with Gasteiger partial charge in [-0.3, -0.25) is 4.90 Å². The van der Waals surface area contributed by atoms with Crippen LogP contribution in [0.25, 0.3) is 0 Å². The molecule has 0 aromatic heterocycles. The van der Waals surface area contributed by atoms with E-state index in [2.05, 4.69) is 18.7 Å². The lowest BCUT2D eigenvalue weighted by Gasteiger charge is -2.21. The van der Waals surface area contributed by atoms with Gasteiger partial charge in [-0.25, -0.2) is 4.39 Å². The van der Waals surface area contributed by atoms with Crippen molar-refractivity contribution in [1.82, 2.24) is 4.90 Å². The minimum Gasteiger partial charge on any atom is -0.298 e. The predicted molar refractivity (Wildman–Crippen MR) is 45.4 cm³/mol. The summed E-state index contributed by atoms with van der Waals surface area (Å²) in [6.07, 6.45) is 2.43. The zero-order chi connectivity index (χ0) is 8.27. The minimum atomic E-state index is -0.191. The lowest BCUT2D eigenvalue weighted by molar-refractivity contribution is 0.224. The van der Waals surface area contributed by atoms with Crippen molar-refractivity contribution in [3.63, 3.8) is 0 Å². The fraction of sp³-hybridized carbons (Fsp3) is 1.00. The van der Waals surface area contributed by atoms with Crippen molar-refractivity contribution in [3.05, 3.63) is 0 Å². The van der Waals surface area contributed by atoms with Crippen LogP contribution in [0.3, 0.4) is 0 Å². The summed E-state index contributed by atoms with van der Waals surface area (Å²) in [6.45, 7) is 5.99. The number of rotatable bonds is 3. The molecule has 11 heavy (non-hydrogen) atoms. The second-order valence-corrected chi connectivity index (χ2v) is 3.59. The SMILES string of the molecule is CCC1CC(C)CN1CCF. The highest BCUT2D eigenvalue weighted by molar-refractivity contribution is 4.81. The van der Waals surface area contributed by atoms with Gasteiger partial charge in [0.1, 0.15) is 6.67 Å². The molecule has 2 unspecified atom stereocenters. The number of halogens is 1. The molecule has 1 aliphatic heterocycles. The highest BCUT2D eigenvalue weighted by Gasteiger charge is 2.27. The summed E-state index contributed by atoms with van der Waals surface area (Å²) >= 11 is 0. The van der Waals surface area contributed by atoms with E-state index in [0.717, 1.165) is 12.5 Å². The summed E-state index contributed by atoms with van der Waals surface area (Å²) in [5.41, 5.74) is 0. The average molecular weight is 159 g/mol. The van der Waals surface area contributed by atoms with Crippen LogP contribution in [0.2, 0.25) is 0 Å². The summed E-state index contributed by atoms with van der Waals surface area (Å²) in [6, 6.07) is 0.653. The topological polar surface area (TPSA) is 3.24 Å². The maximum absolute atomic E-state index is 12.0. The number of likely N-dealkylation sites (tertiary alicyclic amines) is 1. The van der Waals surface area contributed by atoms with Gasteiger partial charge in [-0.05, 0) is 18.8 Å². The summed E-state index contributed by atoms with van der Waals surface area (Å²) in [4.78, 5) is 2.28. The molecule has 66 valence electrons. The zero-order valence-corrected chi connectivity index (χ0v) is 7.52. The van der Waals surface area contributed by atoms with Crippen LogP contribution >= 0.6 is 0 Å². The molecule has 0 aromatic carbocycles. The van der Waals surface area contributed by atoms with E-state index >= 15 is 0 Å². The van der Waals surface area contributed by atoms with Gasteiger partial charge in [0, 0.05) is 19.1 Å². The Morgan fingerprint density at radius 3 is 2.82 bits per heavy atom. The van der Waals surface area contributed by atoms with Crippen LogP contribution in [0.15, 0.2) is 0 Å². The van der Waals surface area contributed by atoms with Crippen LogP contribution in [-0.4, -0.2) is 30.7 Å². The monoisotopic (exact) mass is 159 g/mol. The standard InChI is InChI=1S/C9H18FN/c1-3-9-6-8(2)7-11(9)5-4-10/h8-9H,3-7H2,1-2H3. The largest absolute Gasteiger partial charge is 0.298 e. The van der Waals surface area contributed by atoms with Gasteiger partial charge >= 0.3 is 0 Å². The molecule has 0 aliphatic carbocycles. The Balaban J connectivity index is 2.37. The van der Waals surface area contributed by atoms with Crippen molar-refractivity contribution in [2.24, 2.45) is 5.92 Å². The fourth-order valence-corrected chi connectivity index (χ4v) is 2.04. The molecule has 0 radical (unpaired) electrons. The van der Waals surface area contributed by atoms with E-state index in [1.54, 1.807) is 0 Å². The molecule has 1 heterocycles. The Hall–Kier alpha value is -0.110. The molecule has 0 saturated carbocycles. The molecule has 2 heteroatoms. The van der Waals surface area contributed by atoms with Crippen molar-refractivity contribution in [3.8, 4) is 0 Å². The molecular weight excluding hydrogens is 141 g/mol. The normalized spacial score (nSPS) is 33.0. The molecule has 1 nitrogen and oxygen atoms in total. The van der Waals surface area contributed by atoms with Crippen molar-refractivity contribution < 1.29 is 4.39 Å². The first-order valence-electron chi connectivity index (χ1n) is 4.58. The van der Waals surface area contributed by atoms with Crippen LogP contribution in [0.4, 0.5) is 4.39 Å². The summed E-state index contributed by atoms with van der Waals surface area (Å²) < 4.78 is 12.0. The number of alkyl halides is 1. The highest BCUT2D eigenvalue weighted by Crippen LogP contribution is 2.24. The number of hydrogen-bond acceptors (Lipinski definition) is 1. The van der Waals surface area contributed by atoms with Gasteiger partial charge in [0.25, 0.3) is 0 Å². The third-order valence-corrected chi connectivity index (χ3v) is 2.58. The Morgan fingerprint density at radius 2 is 2.27 bits per heavy atom. The third-order valence-electron chi connectivity index (χ3n) is 2.58. The van der Waals surface area contributed by atoms with Gasteiger partial charge in [-0.2, -0.15) is 0 Å². The van der Waals surface area contributed by atoms with Crippen molar-refractivity contribution >= 4 is 0 Å². The van der Waals surface area contributed by atoms with Crippen LogP contribution in [0, 0.1) is 5.92 Å². The zero-order valence-electron chi connectivity index (χ0n) is 7.52. The van der Waals surface area contributed by atoms with Gasteiger partial charge in [0.15, 0.2) is 0 Å². The smallest absolute Gasteiger partial charge is 0.102 e. The van der Waals surface area contributed by atoms with Crippen LogP contribution < -0.4 is 0 Å². The first kappa shape index (κ1) is 8.98. The summed E-state index contributed by atoms with van der Waals surface area (Å²) in [5.74, 6) is 0.770. The van der Waals surface area contributed by atoms with E-state index in [4.69, 9.17) is 0 Å². The Kier molecular flexibility index (Phi) is 3.31. The predicted octanol–water partition coefficient (Wildman–Crippen LogP) is 2.08. The van der Waals surface area contributed by atoms with E-state index < -0.39 is 0 Å². The molecule has 1 rings (SSSR count). The summed E-state index contributed by atoms with van der Waals surface area (Å²) in [5, 5.41) is 0. The molecule has 1 aliphatic rings. The fourth-order valence-electron chi connectivity index (χ4n) is 2.04. The minimum absolute atomic E-state index is 0.191. The maximum Gasteiger partial charge on any atom is 0.102 e. The Labute approximate surface area is 68.6 Å². The average Bonchev–Trinajstić information content (AvgIpc) is 2.32. The molecular formula is C9H18FN. The Bertz CT molecular complexity index is 116.